The summed E-state index contributed by atoms with van der Waals surface area (Å²) in [5.41, 5.74) is 3.60. The number of carbonyl (C=O) groups is 2. The fourth-order valence-corrected chi connectivity index (χ4v) is 3.03. The number of benzene rings is 1. The molecule has 1 fully saturated rings. The van der Waals surface area contributed by atoms with Crippen LogP contribution in [0.2, 0.25) is 0 Å². The molecule has 2 unspecified atom stereocenters. The van der Waals surface area contributed by atoms with Gasteiger partial charge < -0.3 is 0 Å². The molecule has 4 heteroatoms. The summed E-state index contributed by atoms with van der Waals surface area (Å²) in [6.07, 6.45) is 0.256. The molecule has 1 aromatic carbocycles. The molecule has 2 atom stereocenters. The molecule has 2 amide bonds. The van der Waals surface area contributed by atoms with Crippen LogP contribution in [0, 0.1) is 13.8 Å². The standard InChI is InChI=1S/C17H24N2O2/c1-10(2)19-16(20)9-15(17(19)21)18-13(5)14-7-6-11(3)8-12(14)4/h6-8,10,13,15,18H,9H2,1-5H3. The van der Waals surface area contributed by atoms with E-state index in [1.54, 1.807) is 0 Å². The fourth-order valence-electron chi connectivity index (χ4n) is 3.03. The monoisotopic (exact) mass is 288 g/mol. The van der Waals surface area contributed by atoms with Gasteiger partial charge in [-0.2, -0.15) is 0 Å². The number of hydrogen-bond donors (Lipinski definition) is 1. The summed E-state index contributed by atoms with van der Waals surface area (Å²) in [5, 5.41) is 3.31. The molecule has 0 saturated carbocycles. The van der Waals surface area contributed by atoms with Crippen LogP contribution >= 0.6 is 0 Å². The van der Waals surface area contributed by atoms with E-state index in [1.807, 2.05) is 20.8 Å². The second kappa shape index (κ2) is 5.98. The average Bonchev–Trinajstić information content (AvgIpc) is 2.63. The number of carbonyl (C=O) groups excluding carboxylic acids is 2. The molecule has 1 N–H and O–H groups in total. The summed E-state index contributed by atoms with van der Waals surface area (Å²) in [5.74, 6) is -0.188. The Labute approximate surface area is 126 Å². The van der Waals surface area contributed by atoms with Crippen LogP contribution in [0.4, 0.5) is 0 Å². The highest BCUT2D eigenvalue weighted by Gasteiger charge is 2.40. The maximum atomic E-state index is 12.3. The molecule has 0 spiro atoms. The molecular weight excluding hydrogens is 264 g/mol. The molecule has 1 saturated heterocycles. The van der Waals surface area contributed by atoms with Gasteiger partial charge in [-0.05, 0) is 45.7 Å². The van der Waals surface area contributed by atoms with Crippen molar-refractivity contribution in [3.05, 3.63) is 34.9 Å². The van der Waals surface area contributed by atoms with Crippen LogP contribution in [0.1, 0.15) is 49.9 Å². The van der Waals surface area contributed by atoms with Crippen molar-refractivity contribution >= 4 is 11.8 Å². The van der Waals surface area contributed by atoms with Gasteiger partial charge in [0.2, 0.25) is 11.8 Å². The van der Waals surface area contributed by atoms with Crippen LogP contribution in [0.25, 0.3) is 0 Å². The first kappa shape index (κ1) is 15.7. The molecule has 1 heterocycles. The highest BCUT2D eigenvalue weighted by molar-refractivity contribution is 6.05. The van der Waals surface area contributed by atoms with Gasteiger partial charge in [-0.3, -0.25) is 19.8 Å². The molecule has 0 aromatic heterocycles. The summed E-state index contributed by atoms with van der Waals surface area (Å²) in [7, 11) is 0. The minimum absolute atomic E-state index is 0.0412. The van der Waals surface area contributed by atoms with Gasteiger partial charge in [0.15, 0.2) is 0 Å². The van der Waals surface area contributed by atoms with E-state index < -0.39 is 6.04 Å². The van der Waals surface area contributed by atoms with Gasteiger partial charge >= 0.3 is 0 Å². The summed E-state index contributed by atoms with van der Waals surface area (Å²) >= 11 is 0. The van der Waals surface area contributed by atoms with E-state index in [0.29, 0.717) is 0 Å². The number of nitrogens with one attached hydrogen (secondary N) is 1. The Balaban J connectivity index is 2.12. The highest BCUT2D eigenvalue weighted by Crippen LogP contribution is 2.23. The molecule has 21 heavy (non-hydrogen) atoms. The van der Waals surface area contributed by atoms with Crippen LogP contribution < -0.4 is 5.32 Å². The van der Waals surface area contributed by atoms with Crippen molar-refractivity contribution in [2.24, 2.45) is 0 Å². The molecule has 114 valence electrons. The van der Waals surface area contributed by atoms with E-state index >= 15 is 0 Å². The van der Waals surface area contributed by atoms with E-state index in [0.717, 1.165) is 0 Å². The van der Waals surface area contributed by atoms with E-state index in [2.05, 4.69) is 37.4 Å². The molecule has 2 rings (SSSR count). The number of likely N-dealkylation sites (tertiary alicyclic amines) is 1. The van der Waals surface area contributed by atoms with Crippen molar-refractivity contribution in [2.45, 2.75) is 59.2 Å². The van der Waals surface area contributed by atoms with E-state index in [1.165, 1.54) is 21.6 Å². The summed E-state index contributed by atoms with van der Waals surface area (Å²) in [6, 6.07) is 5.85. The average molecular weight is 288 g/mol. The lowest BCUT2D eigenvalue weighted by Gasteiger charge is -2.22. The third-order valence-electron chi connectivity index (χ3n) is 4.04. The van der Waals surface area contributed by atoms with Gasteiger partial charge in [0.25, 0.3) is 0 Å². The van der Waals surface area contributed by atoms with Crippen molar-refractivity contribution in [3.8, 4) is 0 Å². The highest BCUT2D eigenvalue weighted by atomic mass is 16.2. The first-order chi connectivity index (χ1) is 9.81. The van der Waals surface area contributed by atoms with Crippen LogP contribution in [-0.4, -0.2) is 28.8 Å². The van der Waals surface area contributed by atoms with Crippen molar-refractivity contribution in [1.29, 1.82) is 0 Å². The topological polar surface area (TPSA) is 49.4 Å². The van der Waals surface area contributed by atoms with Crippen LogP contribution in [0.15, 0.2) is 18.2 Å². The minimum atomic E-state index is -0.407. The number of hydrogen-bond acceptors (Lipinski definition) is 3. The summed E-state index contributed by atoms with van der Waals surface area (Å²) in [4.78, 5) is 25.6. The van der Waals surface area contributed by atoms with Crippen LogP contribution in [-0.2, 0) is 9.59 Å². The predicted octanol–water partition coefficient (Wildman–Crippen LogP) is 2.49. The van der Waals surface area contributed by atoms with Gasteiger partial charge in [-0.25, -0.2) is 0 Å². The quantitative estimate of drug-likeness (QED) is 0.866. The minimum Gasteiger partial charge on any atom is -0.299 e. The number of aryl methyl sites for hydroxylation is 2. The third kappa shape index (κ3) is 3.16. The lowest BCUT2D eigenvalue weighted by Crippen LogP contribution is -2.42. The Kier molecular flexibility index (Phi) is 4.47. The summed E-state index contributed by atoms with van der Waals surface area (Å²) < 4.78 is 0. The lowest BCUT2D eigenvalue weighted by molar-refractivity contribution is -0.140. The SMILES string of the molecule is Cc1ccc(C(C)NC2CC(=O)N(C(C)C)C2=O)c(C)c1. The zero-order valence-electron chi connectivity index (χ0n) is 13.4. The number of nitrogens with zero attached hydrogens (tertiary/aromatic N) is 1. The third-order valence-corrected chi connectivity index (χ3v) is 4.04. The van der Waals surface area contributed by atoms with Gasteiger partial charge in [0.05, 0.1) is 12.5 Å². The molecule has 1 aliphatic heterocycles. The smallest absolute Gasteiger partial charge is 0.247 e. The van der Waals surface area contributed by atoms with Crippen molar-refractivity contribution in [3.63, 3.8) is 0 Å². The van der Waals surface area contributed by atoms with Gasteiger partial charge in [0, 0.05) is 12.1 Å². The molecule has 1 aromatic rings. The van der Waals surface area contributed by atoms with E-state index in [-0.39, 0.29) is 30.3 Å². The van der Waals surface area contributed by atoms with Crippen LogP contribution in [0.3, 0.4) is 0 Å². The number of amides is 2. The molecule has 0 bridgehead atoms. The van der Waals surface area contributed by atoms with Crippen LogP contribution in [0.5, 0.6) is 0 Å². The fraction of sp³-hybridized carbons (Fsp3) is 0.529. The second-order valence-electron chi connectivity index (χ2n) is 6.20. The Bertz CT molecular complexity index is 566. The van der Waals surface area contributed by atoms with Gasteiger partial charge in [-0.15, -0.1) is 0 Å². The Morgan fingerprint density at radius 2 is 1.86 bits per heavy atom. The van der Waals surface area contributed by atoms with Crippen molar-refractivity contribution in [1.82, 2.24) is 10.2 Å². The van der Waals surface area contributed by atoms with E-state index in [9.17, 15) is 9.59 Å². The first-order valence-corrected chi connectivity index (χ1v) is 7.50. The molecule has 0 aliphatic carbocycles. The Hall–Kier alpha value is -1.68. The molecular formula is C17H24N2O2. The predicted molar refractivity (Wildman–Crippen MR) is 82.9 cm³/mol. The summed E-state index contributed by atoms with van der Waals surface area (Å²) in [6.45, 7) is 9.90. The maximum absolute atomic E-state index is 12.3. The number of imide groups is 1. The largest absolute Gasteiger partial charge is 0.299 e. The Morgan fingerprint density at radius 1 is 1.19 bits per heavy atom. The second-order valence-corrected chi connectivity index (χ2v) is 6.20. The first-order valence-electron chi connectivity index (χ1n) is 7.50. The van der Waals surface area contributed by atoms with Crippen molar-refractivity contribution < 1.29 is 9.59 Å². The zero-order valence-corrected chi connectivity index (χ0v) is 13.4. The van der Waals surface area contributed by atoms with Gasteiger partial charge in [-0.1, -0.05) is 23.8 Å². The molecule has 4 nitrogen and oxygen atoms in total. The van der Waals surface area contributed by atoms with Crippen molar-refractivity contribution in [2.75, 3.05) is 0 Å². The maximum Gasteiger partial charge on any atom is 0.247 e. The van der Waals surface area contributed by atoms with Gasteiger partial charge in [0.1, 0.15) is 0 Å². The normalized spacial score (nSPS) is 20.5. The molecule has 1 aliphatic rings. The number of rotatable bonds is 4. The lowest BCUT2D eigenvalue weighted by atomic mass is 9.99. The molecule has 0 radical (unpaired) electrons. The Morgan fingerprint density at radius 3 is 2.38 bits per heavy atom. The zero-order chi connectivity index (χ0) is 15.7. The van der Waals surface area contributed by atoms with E-state index in [4.69, 9.17) is 0 Å².